The average Bonchev–Trinajstić information content (AvgIpc) is 2.69. The van der Waals surface area contributed by atoms with Crippen LogP contribution in [0.15, 0.2) is 60.8 Å². The summed E-state index contributed by atoms with van der Waals surface area (Å²) in [6.45, 7) is 0.234. The summed E-state index contributed by atoms with van der Waals surface area (Å²) < 4.78 is 37.6. The fraction of sp³-hybridized carbons (Fsp3) is 0.105. The van der Waals surface area contributed by atoms with E-state index >= 15 is 0 Å². The van der Waals surface area contributed by atoms with Gasteiger partial charge in [-0.2, -0.15) is 0 Å². The smallest absolute Gasteiger partial charge is 0.262 e. The second-order valence-electron chi connectivity index (χ2n) is 5.41. The van der Waals surface area contributed by atoms with Crippen LogP contribution in [0, 0.1) is 11.6 Å². The molecule has 2 aromatic carbocycles. The SMILES string of the molecule is Fc1ccc(OCc2ncc(F)c(NC(=S)OCc3ccccc3)n2)cc1. The molecule has 0 radical (unpaired) electrons. The molecular formula is C19H15F2N3O2S. The second kappa shape index (κ2) is 9.00. The number of rotatable bonds is 6. The summed E-state index contributed by atoms with van der Waals surface area (Å²) in [6.07, 6.45) is 1.01. The molecule has 8 heteroatoms. The van der Waals surface area contributed by atoms with E-state index < -0.39 is 5.82 Å². The summed E-state index contributed by atoms with van der Waals surface area (Å²) in [6, 6.07) is 14.9. The minimum Gasteiger partial charge on any atom is -0.486 e. The van der Waals surface area contributed by atoms with E-state index in [0.29, 0.717) is 5.75 Å². The van der Waals surface area contributed by atoms with E-state index in [0.717, 1.165) is 11.8 Å². The summed E-state index contributed by atoms with van der Waals surface area (Å²) in [7, 11) is 0. The van der Waals surface area contributed by atoms with Crippen molar-refractivity contribution >= 4 is 23.2 Å². The molecule has 3 rings (SSSR count). The van der Waals surface area contributed by atoms with Crippen molar-refractivity contribution in [2.75, 3.05) is 5.32 Å². The van der Waals surface area contributed by atoms with E-state index in [4.69, 9.17) is 21.7 Å². The molecule has 0 aliphatic heterocycles. The maximum Gasteiger partial charge on any atom is 0.262 e. The van der Waals surface area contributed by atoms with Gasteiger partial charge in [0.25, 0.3) is 5.17 Å². The highest BCUT2D eigenvalue weighted by molar-refractivity contribution is 7.80. The lowest BCUT2D eigenvalue weighted by Crippen LogP contribution is -2.16. The fourth-order valence-electron chi connectivity index (χ4n) is 2.10. The molecule has 0 saturated heterocycles. The van der Waals surface area contributed by atoms with Crippen molar-refractivity contribution in [3.63, 3.8) is 0 Å². The molecule has 0 atom stereocenters. The van der Waals surface area contributed by atoms with Gasteiger partial charge in [0.1, 0.15) is 24.8 Å². The van der Waals surface area contributed by atoms with E-state index in [1.165, 1.54) is 24.3 Å². The highest BCUT2D eigenvalue weighted by Gasteiger charge is 2.10. The molecule has 0 saturated carbocycles. The Bertz CT molecular complexity index is 909. The fourth-order valence-corrected chi connectivity index (χ4v) is 2.25. The number of nitrogens with one attached hydrogen (secondary N) is 1. The number of hydrogen-bond donors (Lipinski definition) is 1. The van der Waals surface area contributed by atoms with Crippen LogP contribution < -0.4 is 10.1 Å². The van der Waals surface area contributed by atoms with Crippen LogP contribution in [0.3, 0.4) is 0 Å². The molecule has 1 N–H and O–H groups in total. The third kappa shape index (κ3) is 5.68. The Kier molecular flexibility index (Phi) is 6.22. The second-order valence-corrected chi connectivity index (χ2v) is 5.78. The van der Waals surface area contributed by atoms with Crippen LogP contribution in [-0.4, -0.2) is 15.1 Å². The van der Waals surface area contributed by atoms with Crippen LogP contribution in [0.2, 0.25) is 0 Å². The van der Waals surface area contributed by atoms with Crippen molar-refractivity contribution in [2.24, 2.45) is 0 Å². The minimum atomic E-state index is -0.675. The van der Waals surface area contributed by atoms with Gasteiger partial charge in [0, 0.05) is 0 Å². The zero-order valence-corrected chi connectivity index (χ0v) is 14.9. The first-order chi connectivity index (χ1) is 13.1. The van der Waals surface area contributed by atoms with Gasteiger partial charge in [0.05, 0.1) is 6.20 Å². The molecular weight excluding hydrogens is 372 g/mol. The Balaban J connectivity index is 1.57. The van der Waals surface area contributed by atoms with Crippen LogP contribution in [0.4, 0.5) is 14.6 Å². The highest BCUT2D eigenvalue weighted by atomic mass is 32.1. The molecule has 0 fully saturated rings. The van der Waals surface area contributed by atoms with Crippen LogP contribution in [-0.2, 0) is 18.0 Å². The third-order valence-electron chi connectivity index (χ3n) is 3.41. The molecule has 3 aromatic rings. The Labute approximate surface area is 160 Å². The zero-order valence-electron chi connectivity index (χ0n) is 14.1. The van der Waals surface area contributed by atoms with Gasteiger partial charge in [0.15, 0.2) is 17.5 Å². The molecule has 0 aliphatic rings. The van der Waals surface area contributed by atoms with Gasteiger partial charge in [-0.1, -0.05) is 30.3 Å². The zero-order chi connectivity index (χ0) is 19.1. The van der Waals surface area contributed by atoms with Crippen LogP contribution in [0.5, 0.6) is 5.75 Å². The van der Waals surface area contributed by atoms with E-state index in [-0.39, 0.29) is 35.8 Å². The normalized spacial score (nSPS) is 10.3. The minimum absolute atomic E-state index is 0.0122. The first-order valence-electron chi connectivity index (χ1n) is 7.97. The highest BCUT2D eigenvalue weighted by Crippen LogP contribution is 2.14. The molecule has 0 unspecified atom stereocenters. The lowest BCUT2D eigenvalue weighted by atomic mass is 10.2. The summed E-state index contributed by atoms with van der Waals surface area (Å²) in [5, 5.41) is 2.59. The summed E-state index contributed by atoms with van der Waals surface area (Å²) >= 11 is 5.06. The number of ether oxygens (including phenoxy) is 2. The summed E-state index contributed by atoms with van der Waals surface area (Å²) in [5.74, 6) is -0.475. The van der Waals surface area contributed by atoms with Crippen molar-refractivity contribution in [3.8, 4) is 5.75 Å². The number of benzene rings is 2. The number of nitrogens with zero attached hydrogens (tertiary/aromatic N) is 2. The predicted molar refractivity (Wildman–Crippen MR) is 100 cm³/mol. The summed E-state index contributed by atoms with van der Waals surface area (Å²) in [5.41, 5.74) is 0.929. The average molecular weight is 387 g/mol. The first kappa shape index (κ1) is 18.7. The van der Waals surface area contributed by atoms with Crippen molar-refractivity contribution in [2.45, 2.75) is 13.2 Å². The van der Waals surface area contributed by atoms with E-state index in [2.05, 4.69) is 15.3 Å². The Hall–Kier alpha value is -3.13. The number of hydrogen-bond acceptors (Lipinski definition) is 5. The van der Waals surface area contributed by atoms with Gasteiger partial charge in [0.2, 0.25) is 0 Å². The van der Waals surface area contributed by atoms with Crippen LogP contribution >= 0.6 is 12.2 Å². The molecule has 0 aliphatic carbocycles. The van der Waals surface area contributed by atoms with Gasteiger partial charge in [-0.15, -0.1) is 0 Å². The molecule has 0 bridgehead atoms. The van der Waals surface area contributed by atoms with E-state index in [9.17, 15) is 8.78 Å². The first-order valence-corrected chi connectivity index (χ1v) is 8.38. The number of anilines is 1. The Morgan fingerprint density at radius 2 is 1.74 bits per heavy atom. The topological polar surface area (TPSA) is 56.3 Å². The number of halogens is 2. The molecule has 27 heavy (non-hydrogen) atoms. The van der Waals surface area contributed by atoms with Gasteiger partial charge in [-0.05, 0) is 42.0 Å². The molecule has 0 spiro atoms. The molecule has 5 nitrogen and oxygen atoms in total. The van der Waals surface area contributed by atoms with Crippen molar-refractivity contribution in [1.29, 1.82) is 0 Å². The van der Waals surface area contributed by atoms with Crippen molar-refractivity contribution in [1.82, 2.24) is 9.97 Å². The lowest BCUT2D eigenvalue weighted by molar-refractivity contribution is 0.294. The summed E-state index contributed by atoms with van der Waals surface area (Å²) in [4.78, 5) is 7.90. The molecule has 1 aromatic heterocycles. The van der Waals surface area contributed by atoms with E-state index in [1.807, 2.05) is 30.3 Å². The number of thiocarbonyl (C=S) groups is 1. The van der Waals surface area contributed by atoms with E-state index in [1.54, 1.807) is 0 Å². The monoisotopic (exact) mass is 387 g/mol. The van der Waals surface area contributed by atoms with Crippen molar-refractivity contribution in [3.05, 3.63) is 83.8 Å². The van der Waals surface area contributed by atoms with Gasteiger partial charge in [-0.25, -0.2) is 18.7 Å². The van der Waals surface area contributed by atoms with Gasteiger partial charge < -0.3 is 9.47 Å². The number of aromatic nitrogens is 2. The third-order valence-corrected chi connectivity index (χ3v) is 3.63. The maximum absolute atomic E-state index is 13.9. The maximum atomic E-state index is 13.9. The van der Waals surface area contributed by atoms with Crippen LogP contribution in [0.25, 0.3) is 0 Å². The predicted octanol–water partition coefficient (Wildman–Crippen LogP) is 4.25. The van der Waals surface area contributed by atoms with Gasteiger partial charge in [-0.3, -0.25) is 5.32 Å². The largest absolute Gasteiger partial charge is 0.486 e. The molecule has 1 heterocycles. The Morgan fingerprint density at radius 3 is 2.48 bits per heavy atom. The van der Waals surface area contributed by atoms with Crippen LogP contribution in [0.1, 0.15) is 11.4 Å². The van der Waals surface area contributed by atoms with Gasteiger partial charge >= 0.3 is 0 Å². The molecule has 138 valence electrons. The molecule has 0 amide bonds. The standard InChI is InChI=1S/C19H15F2N3O2S/c20-14-6-8-15(9-7-14)25-12-17-22-10-16(21)18(23-17)24-19(27)26-11-13-4-2-1-3-5-13/h1-10H,11-12H2,(H,22,23,24,27). The Morgan fingerprint density at radius 1 is 1.00 bits per heavy atom. The quantitative estimate of drug-likeness (QED) is 0.639. The van der Waals surface area contributed by atoms with Crippen molar-refractivity contribution < 1.29 is 18.3 Å². The lowest BCUT2D eigenvalue weighted by Gasteiger charge is -2.11.